The van der Waals surface area contributed by atoms with E-state index < -0.39 is 11.8 Å². The summed E-state index contributed by atoms with van der Waals surface area (Å²) in [5.74, 6) is -4.71. The molecule has 0 aliphatic carbocycles. The summed E-state index contributed by atoms with van der Waals surface area (Å²) < 4.78 is 29.9. The number of alkyl halides is 2. The monoisotopic (exact) mass is 359 g/mol. The van der Waals surface area contributed by atoms with Gasteiger partial charge < -0.3 is 10.2 Å². The van der Waals surface area contributed by atoms with Gasteiger partial charge >= 0.3 is 5.92 Å². The third-order valence-corrected chi connectivity index (χ3v) is 4.71. The lowest BCUT2D eigenvalue weighted by molar-refractivity contribution is -0.162. The van der Waals surface area contributed by atoms with Gasteiger partial charge in [0.25, 0.3) is 5.91 Å². The first kappa shape index (κ1) is 18.5. The lowest BCUT2D eigenvalue weighted by Gasteiger charge is -2.33. The summed E-state index contributed by atoms with van der Waals surface area (Å²) >= 11 is 0. The van der Waals surface area contributed by atoms with Gasteiger partial charge in [0.05, 0.1) is 12.2 Å². The summed E-state index contributed by atoms with van der Waals surface area (Å²) in [6.07, 6.45) is 3.83. The summed E-state index contributed by atoms with van der Waals surface area (Å²) in [6, 6.07) is 12.4. The fourth-order valence-corrected chi connectivity index (χ4v) is 3.30. The van der Waals surface area contributed by atoms with Crippen LogP contribution in [0.1, 0.15) is 30.5 Å². The largest absolute Gasteiger partial charge is 0.349 e. The van der Waals surface area contributed by atoms with Crippen LogP contribution in [0.4, 0.5) is 8.78 Å². The van der Waals surface area contributed by atoms with E-state index in [2.05, 4.69) is 10.3 Å². The van der Waals surface area contributed by atoms with Gasteiger partial charge in [-0.3, -0.25) is 9.78 Å². The van der Waals surface area contributed by atoms with Crippen LogP contribution in [0.2, 0.25) is 0 Å². The number of rotatable bonds is 5. The zero-order valence-corrected chi connectivity index (χ0v) is 14.6. The zero-order chi connectivity index (χ0) is 18.4. The van der Waals surface area contributed by atoms with Crippen LogP contribution in [0.3, 0.4) is 0 Å². The van der Waals surface area contributed by atoms with E-state index in [1.54, 1.807) is 30.5 Å². The molecule has 1 aromatic heterocycles. The Morgan fingerprint density at radius 1 is 1.12 bits per heavy atom. The molecule has 0 radical (unpaired) electrons. The Labute approximate surface area is 152 Å². The summed E-state index contributed by atoms with van der Waals surface area (Å²) in [4.78, 5) is 18.5. The number of nitrogens with one attached hydrogen (secondary N) is 1. The molecule has 2 heterocycles. The van der Waals surface area contributed by atoms with Crippen molar-refractivity contribution in [2.75, 3.05) is 13.1 Å². The minimum Gasteiger partial charge on any atom is -0.328 e. The number of benzene rings is 1. The van der Waals surface area contributed by atoms with Crippen molar-refractivity contribution >= 4 is 5.91 Å². The van der Waals surface area contributed by atoms with Crippen molar-refractivity contribution in [2.24, 2.45) is 0 Å². The molecule has 1 unspecified atom stereocenters. The van der Waals surface area contributed by atoms with Crippen LogP contribution in [-0.2, 0) is 17.3 Å². The molecular formula is C20H23F2N3O. The predicted octanol–water partition coefficient (Wildman–Crippen LogP) is 3.34. The van der Waals surface area contributed by atoms with Crippen molar-refractivity contribution < 1.29 is 13.6 Å². The van der Waals surface area contributed by atoms with E-state index in [-0.39, 0.29) is 18.2 Å². The van der Waals surface area contributed by atoms with Crippen LogP contribution < -0.4 is 5.32 Å². The molecule has 1 saturated heterocycles. The van der Waals surface area contributed by atoms with Crippen molar-refractivity contribution in [3.63, 3.8) is 0 Å². The predicted molar refractivity (Wildman–Crippen MR) is 95.6 cm³/mol. The molecule has 6 heteroatoms. The van der Waals surface area contributed by atoms with Crippen LogP contribution in [0, 0.1) is 0 Å². The Morgan fingerprint density at radius 3 is 2.62 bits per heavy atom. The molecule has 0 bridgehead atoms. The number of hydrogen-bond acceptors (Lipinski definition) is 3. The maximum Gasteiger partial charge on any atom is 0.349 e. The lowest BCUT2D eigenvalue weighted by atomic mass is 10.0. The summed E-state index contributed by atoms with van der Waals surface area (Å²) in [5.41, 5.74) is 0.338. The zero-order valence-electron chi connectivity index (χ0n) is 14.6. The lowest BCUT2D eigenvalue weighted by Crippen LogP contribution is -2.47. The van der Waals surface area contributed by atoms with E-state index in [1.165, 1.54) is 29.2 Å². The molecule has 26 heavy (non-hydrogen) atoms. The Morgan fingerprint density at radius 2 is 1.88 bits per heavy atom. The van der Waals surface area contributed by atoms with Gasteiger partial charge in [-0.05, 0) is 44.5 Å². The van der Waals surface area contributed by atoms with Crippen molar-refractivity contribution in [1.29, 1.82) is 0 Å². The van der Waals surface area contributed by atoms with E-state index in [0.29, 0.717) is 25.1 Å². The number of carbonyl (C=O) groups is 1. The number of hydrogen-bond donors (Lipinski definition) is 1. The van der Waals surface area contributed by atoms with Crippen LogP contribution in [0.15, 0.2) is 54.7 Å². The van der Waals surface area contributed by atoms with Crippen LogP contribution in [0.5, 0.6) is 0 Å². The van der Waals surface area contributed by atoms with Gasteiger partial charge in [0.2, 0.25) is 0 Å². The molecule has 1 amide bonds. The highest BCUT2D eigenvalue weighted by Gasteiger charge is 2.45. The summed E-state index contributed by atoms with van der Waals surface area (Å²) in [5, 5.41) is 3.26. The topological polar surface area (TPSA) is 45.2 Å². The molecule has 4 nitrogen and oxygen atoms in total. The van der Waals surface area contributed by atoms with E-state index in [4.69, 9.17) is 0 Å². The van der Waals surface area contributed by atoms with Crippen LogP contribution in [-0.4, -0.2) is 34.9 Å². The van der Waals surface area contributed by atoms with Gasteiger partial charge in [0.15, 0.2) is 0 Å². The maximum absolute atomic E-state index is 14.9. The molecule has 2 aromatic rings. The third kappa shape index (κ3) is 4.25. The highest BCUT2D eigenvalue weighted by Crippen LogP contribution is 2.32. The van der Waals surface area contributed by atoms with Gasteiger partial charge in [0.1, 0.15) is 0 Å². The van der Waals surface area contributed by atoms with Gasteiger partial charge in [-0.2, -0.15) is 8.78 Å². The second-order valence-electron chi connectivity index (χ2n) is 6.53. The minimum atomic E-state index is -3.56. The average molecular weight is 359 g/mol. The fourth-order valence-electron chi connectivity index (χ4n) is 3.30. The molecular weight excluding hydrogens is 336 g/mol. The molecule has 0 spiro atoms. The van der Waals surface area contributed by atoms with E-state index in [0.717, 1.165) is 13.0 Å². The number of nitrogens with zero attached hydrogens (tertiary/aromatic N) is 2. The van der Waals surface area contributed by atoms with Crippen molar-refractivity contribution in [2.45, 2.75) is 37.8 Å². The molecule has 1 aliphatic heterocycles. The van der Waals surface area contributed by atoms with E-state index >= 15 is 0 Å². The summed E-state index contributed by atoms with van der Waals surface area (Å²) in [6.45, 7) is 1.65. The Balaban J connectivity index is 1.89. The Kier molecular flexibility index (Phi) is 5.93. The smallest absolute Gasteiger partial charge is 0.328 e. The third-order valence-electron chi connectivity index (χ3n) is 4.71. The molecule has 1 aliphatic rings. The highest BCUT2D eigenvalue weighted by molar-refractivity contribution is 5.85. The van der Waals surface area contributed by atoms with E-state index in [9.17, 15) is 13.6 Å². The number of amides is 1. The fraction of sp³-hybridized carbons (Fsp3) is 0.400. The number of pyridine rings is 1. The van der Waals surface area contributed by atoms with Gasteiger partial charge in [-0.25, -0.2) is 0 Å². The number of carbonyl (C=O) groups excluding carboxylic acids is 1. The number of halogens is 2. The molecule has 0 saturated carbocycles. The van der Waals surface area contributed by atoms with Crippen molar-refractivity contribution in [3.05, 3.63) is 66.0 Å². The van der Waals surface area contributed by atoms with Crippen molar-refractivity contribution in [3.8, 4) is 0 Å². The first-order valence-corrected chi connectivity index (χ1v) is 8.94. The van der Waals surface area contributed by atoms with Crippen LogP contribution in [0.25, 0.3) is 0 Å². The first-order chi connectivity index (χ1) is 12.6. The van der Waals surface area contributed by atoms with Gasteiger partial charge in [0, 0.05) is 17.8 Å². The van der Waals surface area contributed by atoms with E-state index in [1.807, 2.05) is 0 Å². The van der Waals surface area contributed by atoms with Gasteiger partial charge in [-0.15, -0.1) is 0 Å². The van der Waals surface area contributed by atoms with Crippen molar-refractivity contribution in [1.82, 2.24) is 15.2 Å². The minimum absolute atomic E-state index is 0.0900. The normalized spacial score (nSPS) is 18.2. The highest BCUT2D eigenvalue weighted by atomic mass is 19.3. The second-order valence-corrected chi connectivity index (χ2v) is 6.53. The summed E-state index contributed by atoms with van der Waals surface area (Å²) in [7, 11) is 0. The molecule has 1 aromatic carbocycles. The average Bonchev–Trinajstić information content (AvgIpc) is 2.96. The van der Waals surface area contributed by atoms with Crippen LogP contribution >= 0.6 is 0 Å². The maximum atomic E-state index is 14.9. The molecule has 1 atom stereocenters. The molecule has 3 rings (SSSR count). The molecule has 1 fully saturated rings. The Hall–Kier alpha value is -2.34. The number of aromatic nitrogens is 1. The van der Waals surface area contributed by atoms with Gasteiger partial charge in [-0.1, -0.05) is 36.4 Å². The first-order valence-electron chi connectivity index (χ1n) is 8.94. The molecule has 138 valence electrons. The SMILES string of the molecule is O=C(N(Cc1ccccn1)C1CCCNCC1)C(F)(F)c1ccccc1. The Bertz CT molecular complexity index is 702. The standard InChI is InChI=1S/C20H23F2N3O/c21-20(22,16-7-2-1-3-8-16)19(26)25(15-17-9-4-5-13-24-17)18-10-6-12-23-14-11-18/h1-5,7-9,13,18,23H,6,10-12,14-15H2. The molecule has 1 N–H and O–H groups in total. The quantitative estimate of drug-likeness (QED) is 0.891. The second kappa shape index (κ2) is 8.36.